The Kier molecular flexibility index (Phi) is 3.86. The standard InChI is InChI=1S/C10H7ClN2O3/c11-7-2-1-6(5-12)8(3-7)13-9(14)4-10(15)16/h1-3H,4H2,(H,13,14)(H,15,16). The van der Waals surface area contributed by atoms with Crippen molar-refractivity contribution in [3.05, 3.63) is 28.8 Å². The molecule has 2 N–H and O–H groups in total. The third-order valence-corrected chi connectivity index (χ3v) is 1.92. The maximum atomic E-state index is 11.2. The number of anilines is 1. The summed E-state index contributed by atoms with van der Waals surface area (Å²) in [6.45, 7) is 0. The van der Waals surface area contributed by atoms with E-state index in [-0.39, 0.29) is 11.3 Å². The van der Waals surface area contributed by atoms with Gasteiger partial charge in [-0.3, -0.25) is 9.59 Å². The molecule has 0 aliphatic carbocycles. The van der Waals surface area contributed by atoms with Crippen molar-refractivity contribution in [3.8, 4) is 6.07 Å². The predicted molar refractivity (Wildman–Crippen MR) is 57.0 cm³/mol. The van der Waals surface area contributed by atoms with Gasteiger partial charge in [0.2, 0.25) is 5.91 Å². The highest BCUT2D eigenvalue weighted by atomic mass is 35.5. The zero-order valence-electron chi connectivity index (χ0n) is 8.03. The van der Waals surface area contributed by atoms with Crippen LogP contribution in [0.4, 0.5) is 5.69 Å². The van der Waals surface area contributed by atoms with E-state index in [1.165, 1.54) is 18.2 Å². The Bertz CT molecular complexity index is 479. The number of hydrogen-bond acceptors (Lipinski definition) is 3. The van der Waals surface area contributed by atoms with E-state index in [1.54, 1.807) is 0 Å². The lowest BCUT2D eigenvalue weighted by Gasteiger charge is -2.05. The normalized spacial score (nSPS) is 9.25. The number of carbonyl (C=O) groups excluding carboxylic acids is 1. The number of rotatable bonds is 3. The maximum Gasteiger partial charge on any atom is 0.312 e. The lowest BCUT2D eigenvalue weighted by molar-refractivity contribution is -0.139. The zero-order valence-corrected chi connectivity index (χ0v) is 8.78. The van der Waals surface area contributed by atoms with Gasteiger partial charge in [0.25, 0.3) is 0 Å². The van der Waals surface area contributed by atoms with Gasteiger partial charge in [0.15, 0.2) is 0 Å². The molecule has 16 heavy (non-hydrogen) atoms. The molecule has 6 heteroatoms. The Labute approximate surface area is 96.3 Å². The first kappa shape index (κ1) is 12.0. The van der Waals surface area contributed by atoms with E-state index in [9.17, 15) is 9.59 Å². The minimum atomic E-state index is -1.24. The van der Waals surface area contributed by atoms with Gasteiger partial charge in [-0.2, -0.15) is 5.26 Å². The first-order valence-corrected chi connectivity index (χ1v) is 4.62. The van der Waals surface area contributed by atoms with Gasteiger partial charge in [0, 0.05) is 5.02 Å². The van der Waals surface area contributed by atoms with Crippen molar-refractivity contribution >= 4 is 29.2 Å². The van der Waals surface area contributed by atoms with Gasteiger partial charge in [0.05, 0.1) is 11.3 Å². The SMILES string of the molecule is N#Cc1ccc(Cl)cc1NC(=O)CC(=O)O. The number of nitriles is 1. The molecule has 0 spiro atoms. The second-order valence-corrected chi connectivity index (χ2v) is 3.36. The molecule has 0 unspecified atom stereocenters. The van der Waals surface area contributed by atoms with Crippen molar-refractivity contribution in [2.75, 3.05) is 5.32 Å². The van der Waals surface area contributed by atoms with E-state index in [0.29, 0.717) is 5.02 Å². The fourth-order valence-electron chi connectivity index (χ4n) is 1.05. The Morgan fingerprint density at radius 3 is 2.75 bits per heavy atom. The molecular weight excluding hydrogens is 232 g/mol. The highest BCUT2D eigenvalue weighted by Crippen LogP contribution is 2.20. The first-order chi connectivity index (χ1) is 7.52. The molecular formula is C10H7ClN2O3. The molecule has 0 fully saturated rings. The number of halogens is 1. The summed E-state index contributed by atoms with van der Waals surface area (Å²) in [7, 11) is 0. The minimum Gasteiger partial charge on any atom is -0.481 e. The van der Waals surface area contributed by atoms with Gasteiger partial charge >= 0.3 is 5.97 Å². The number of carboxylic acid groups (broad SMARTS) is 1. The number of carbonyl (C=O) groups is 2. The molecule has 0 heterocycles. The van der Waals surface area contributed by atoms with Crippen molar-refractivity contribution in [2.24, 2.45) is 0 Å². The van der Waals surface area contributed by atoms with E-state index < -0.39 is 18.3 Å². The average molecular weight is 239 g/mol. The Morgan fingerprint density at radius 2 is 2.19 bits per heavy atom. The average Bonchev–Trinajstić information content (AvgIpc) is 2.16. The van der Waals surface area contributed by atoms with Crippen LogP contribution < -0.4 is 5.32 Å². The van der Waals surface area contributed by atoms with Crippen LogP contribution in [0, 0.1) is 11.3 Å². The molecule has 0 bridgehead atoms. The fraction of sp³-hybridized carbons (Fsp3) is 0.100. The predicted octanol–water partition coefficient (Wildman–Crippen LogP) is 1.62. The van der Waals surface area contributed by atoms with Crippen molar-refractivity contribution in [3.63, 3.8) is 0 Å². The number of carboxylic acids is 1. The highest BCUT2D eigenvalue weighted by Gasteiger charge is 2.10. The van der Waals surface area contributed by atoms with Crippen LogP contribution in [0.5, 0.6) is 0 Å². The number of amides is 1. The quantitative estimate of drug-likeness (QED) is 0.783. The molecule has 1 aromatic carbocycles. The molecule has 5 nitrogen and oxygen atoms in total. The van der Waals surface area contributed by atoms with Crippen LogP contribution in [0.15, 0.2) is 18.2 Å². The summed E-state index contributed by atoms with van der Waals surface area (Å²) >= 11 is 5.69. The third kappa shape index (κ3) is 3.26. The number of hydrogen-bond donors (Lipinski definition) is 2. The van der Waals surface area contributed by atoms with Gasteiger partial charge in [-0.25, -0.2) is 0 Å². The van der Waals surface area contributed by atoms with Crippen molar-refractivity contribution in [1.82, 2.24) is 0 Å². The third-order valence-electron chi connectivity index (χ3n) is 1.69. The Balaban J connectivity index is 2.88. The molecule has 0 aromatic heterocycles. The van der Waals surface area contributed by atoms with Crippen molar-refractivity contribution in [1.29, 1.82) is 5.26 Å². The van der Waals surface area contributed by atoms with Crippen LogP contribution in [0.2, 0.25) is 5.02 Å². The second-order valence-electron chi connectivity index (χ2n) is 2.92. The van der Waals surface area contributed by atoms with Crippen LogP contribution >= 0.6 is 11.6 Å². The van der Waals surface area contributed by atoms with Gasteiger partial charge in [-0.15, -0.1) is 0 Å². The van der Waals surface area contributed by atoms with E-state index >= 15 is 0 Å². The molecule has 0 atom stereocenters. The Morgan fingerprint density at radius 1 is 1.50 bits per heavy atom. The lowest BCUT2D eigenvalue weighted by atomic mass is 10.2. The van der Waals surface area contributed by atoms with Gasteiger partial charge in [0.1, 0.15) is 12.5 Å². The van der Waals surface area contributed by atoms with Crippen molar-refractivity contribution in [2.45, 2.75) is 6.42 Å². The molecule has 0 saturated carbocycles. The van der Waals surface area contributed by atoms with E-state index in [0.717, 1.165) is 0 Å². The molecule has 0 saturated heterocycles. The van der Waals surface area contributed by atoms with E-state index in [1.807, 2.05) is 6.07 Å². The highest BCUT2D eigenvalue weighted by molar-refractivity contribution is 6.31. The molecule has 0 aliphatic rings. The summed E-state index contributed by atoms with van der Waals surface area (Å²) in [5.41, 5.74) is 0.435. The van der Waals surface area contributed by atoms with Gasteiger partial charge in [-0.1, -0.05) is 11.6 Å². The van der Waals surface area contributed by atoms with Crippen LogP contribution in [-0.2, 0) is 9.59 Å². The molecule has 1 amide bonds. The lowest BCUT2D eigenvalue weighted by Crippen LogP contribution is -2.16. The van der Waals surface area contributed by atoms with Crippen LogP contribution in [0.25, 0.3) is 0 Å². The smallest absolute Gasteiger partial charge is 0.312 e. The second kappa shape index (κ2) is 5.14. The molecule has 0 aliphatic heterocycles. The first-order valence-electron chi connectivity index (χ1n) is 4.24. The molecule has 1 rings (SSSR count). The topological polar surface area (TPSA) is 90.2 Å². The molecule has 82 valence electrons. The largest absolute Gasteiger partial charge is 0.481 e. The maximum absolute atomic E-state index is 11.2. The summed E-state index contributed by atoms with van der Waals surface area (Å²) in [5.74, 6) is -1.94. The number of aliphatic carboxylic acids is 1. The van der Waals surface area contributed by atoms with Crippen LogP contribution in [0.3, 0.4) is 0 Å². The monoisotopic (exact) mass is 238 g/mol. The number of nitrogens with one attached hydrogen (secondary N) is 1. The summed E-state index contributed by atoms with van der Waals surface area (Å²) in [6, 6.07) is 6.20. The van der Waals surface area contributed by atoms with Gasteiger partial charge < -0.3 is 10.4 Å². The Hall–Kier alpha value is -2.06. The summed E-state index contributed by atoms with van der Waals surface area (Å²) < 4.78 is 0. The summed E-state index contributed by atoms with van der Waals surface area (Å²) in [6.07, 6.45) is -0.655. The number of nitrogens with zero attached hydrogens (tertiary/aromatic N) is 1. The molecule has 0 radical (unpaired) electrons. The summed E-state index contributed by atoms with van der Waals surface area (Å²) in [4.78, 5) is 21.4. The zero-order chi connectivity index (χ0) is 12.1. The van der Waals surface area contributed by atoms with Crippen LogP contribution in [0.1, 0.15) is 12.0 Å². The minimum absolute atomic E-state index is 0.209. The fourth-order valence-corrected chi connectivity index (χ4v) is 1.22. The van der Waals surface area contributed by atoms with Gasteiger partial charge in [-0.05, 0) is 18.2 Å². The molecule has 1 aromatic rings. The number of benzene rings is 1. The summed E-state index contributed by atoms with van der Waals surface area (Å²) in [5, 5.41) is 19.8. The van der Waals surface area contributed by atoms with E-state index in [2.05, 4.69) is 5.32 Å². The van der Waals surface area contributed by atoms with Crippen molar-refractivity contribution < 1.29 is 14.7 Å². The van der Waals surface area contributed by atoms with Crippen LogP contribution in [-0.4, -0.2) is 17.0 Å². The van der Waals surface area contributed by atoms with E-state index in [4.69, 9.17) is 22.0 Å².